The molecule has 5 nitrogen and oxygen atoms in total. The number of benzene rings is 4. The van der Waals surface area contributed by atoms with E-state index in [0.717, 1.165) is 27.5 Å². The van der Waals surface area contributed by atoms with Crippen molar-refractivity contribution in [3.8, 4) is 5.75 Å². The van der Waals surface area contributed by atoms with Crippen LogP contribution in [0, 0.1) is 17.8 Å². The molecule has 1 saturated heterocycles. The molecule has 2 amide bonds. The number of rotatable bonds is 2. The maximum atomic E-state index is 14.0. The zero-order chi connectivity index (χ0) is 25.3. The van der Waals surface area contributed by atoms with E-state index >= 15 is 0 Å². The van der Waals surface area contributed by atoms with E-state index in [1.807, 2.05) is 66.7 Å². The Morgan fingerprint density at radius 2 is 1.43 bits per heavy atom. The second-order valence-electron chi connectivity index (χ2n) is 9.66. The van der Waals surface area contributed by atoms with Gasteiger partial charge < -0.3 is 4.74 Å². The Labute approximate surface area is 217 Å². The third-order valence-electron chi connectivity index (χ3n) is 7.75. The number of nitrogens with zero attached hydrogens (tertiary/aromatic N) is 1. The van der Waals surface area contributed by atoms with Gasteiger partial charge in [-0.05, 0) is 52.2 Å². The summed E-state index contributed by atoms with van der Waals surface area (Å²) in [6.07, 6.45) is 2.02. The SMILES string of the molecule is O=C1Oc2ccc3ccccc3c2C2=C[C@H](c3ccccc3)[C@@H]3C(=O)N(c4ccc(Cl)cc4)C(=O)[C@@H]3[C@@H]12. The van der Waals surface area contributed by atoms with Gasteiger partial charge in [0.25, 0.3) is 0 Å². The molecule has 0 aromatic heterocycles. The summed E-state index contributed by atoms with van der Waals surface area (Å²) in [6, 6.07) is 27.9. The smallest absolute Gasteiger partial charge is 0.319 e. The van der Waals surface area contributed by atoms with Crippen LogP contribution in [0.2, 0.25) is 5.02 Å². The van der Waals surface area contributed by atoms with E-state index in [2.05, 4.69) is 0 Å². The lowest BCUT2D eigenvalue weighted by Crippen LogP contribution is -2.42. The van der Waals surface area contributed by atoms with Crippen molar-refractivity contribution in [3.05, 3.63) is 113 Å². The van der Waals surface area contributed by atoms with Crippen LogP contribution in [0.15, 0.2) is 97.1 Å². The molecular formula is C31H20ClNO4. The minimum atomic E-state index is -0.881. The van der Waals surface area contributed by atoms with Crippen molar-refractivity contribution in [1.29, 1.82) is 0 Å². The quantitative estimate of drug-likeness (QED) is 0.190. The van der Waals surface area contributed by atoms with Gasteiger partial charge in [0.2, 0.25) is 11.8 Å². The third kappa shape index (κ3) is 3.20. The van der Waals surface area contributed by atoms with Gasteiger partial charge in [-0.25, -0.2) is 4.90 Å². The number of allylic oxidation sites excluding steroid dienone is 1. The number of imide groups is 1. The number of carbonyl (C=O) groups is 3. The van der Waals surface area contributed by atoms with Crippen molar-refractivity contribution in [1.82, 2.24) is 0 Å². The molecule has 7 rings (SSSR count). The van der Waals surface area contributed by atoms with E-state index in [1.165, 1.54) is 4.90 Å². The van der Waals surface area contributed by atoms with Crippen molar-refractivity contribution in [3.63, 3.8) is 0 Å². The van der Waals surface area contributed by atoms with E-state index in [9.17, 15) is 14.4 Å². The van der Waals surface area contributed by atoms with Crippen molar-refractivity contribution >= 4 is 51.4 Å². The fourth-order valence-electron chi connectivity index (χ4n) is 6.18. The number of anilines is 1. The fraction of sp³-hybridized carbons (Fsp3) is 0.129. The van der Waals surface area contributed by atoms with E-state index in [-0.39, 0.29) is 11.8 Å². The van der Waals surface area contributed by atoms with Gasteiger partial charge in [-0.15, -0.1) is 0 Å². The van der Waals surface area contributed by atoms with Gasteiger partial charge >= 0.3 is 5.97 Å². The van der Waals surface area contributed by atoms with Gasteiger partial charge in [-0.3, -0.25) is 14.4 Å². The molecule has 3 aliphatic rings. The maximum Gasteiger partial charge on any atom is 0.319 e. The predicted molar refractivity (Wildman–Crippen MR) is 141 cm³/mol. The Kier molecular flexibility index (Phi) is 4.85. The lowest BCUT2D eigenvalue weighted by Gasteiger charge is -2.38. The number of hydrogen-bond acceptors (Lipinski definition) is 4. The van der Waals surface area contributed by atoms with Gasteiger partial charge in [0.15, 0.2) is 0 Å². The van der Waals surface area contributed by atoms with Crippen molar-refractivity contribution in [2.45, 2.75) is 5.92 Å². The Balaban J connectivity index is 1.47. The summed E-state index contributed by atoms with van der Waals surface area (Å²) in [5.74, 6) is -3.62. The number of ether oxygens (including phenoxy) is 1. The molecule has 0 saturated carbocycles. The molecule has 4 atom stereocenters. The Bertz CT molecular complexity index is 1640. The average molecular weight is 506 g/mol. The first kappa shape index (κ1) is 22.0. The molecule has 4 aromatic carbocycles. The van der Waals surface area contributed by atoms with E-state index < -0.39 is 29.6 Å². The average Bonchev–Trinajstić information content (AvgIpc) is 3.19. The van der Waals surface area contributed by atoms with Crippen LogP contribution in [-0.4, -0.2) is 17.8 Å². The zero-order valence-corrected chi connectivity index (χ0v) is 20.3. The van der Waals surface area contributed by atoms with Gasteiger partial charge in [0.1, 0.15) is 5.75 Å². The highest BCUT2D eigenvalue weighted by Crippen LogP contribution is 2.55. The van der Waals surface area contributed by atoms with Crippen LogP contribution in [0.4, 0.5) is 5.69 Å². The number of hydrogen-bond donors (Lipinski definition) is 0. The summed E-state index contributed by atoms with van der Waals surface area (Å²) < 4.78 is 5.82. The van der Waals surface area contributed by atoms with Crippen LogP contribution >= 0.6 is 11.6 Å². The van der Waals surface area contributed by atoms with Crippen molar-refractivity contribution in [2.75, 3.05) is 4.90 Å². The van der Waals surface area contributed by atoms with Gasteiger partial charge in [0.05, 0.1) is 23.4 Å². The summed E-state index contributed by atoms with van der Waals surface area (Å²) in [4.78, 5) is 42.7. The number of esters is 1. The summed E-state index contributed by atoms with van der Waals surface area (Å²) >= 11 is 6.06. The summed E-state index contributed by atoms with van der Waals surface area (Å²) in [5, 5.41) is 2.46. The second kappa shape index (κ2) is 8.15. The highest BCUT2D eigenvalue weighted by molar-refractivity contribution is 6.31. The Morgan fingerprint density at radius 1 is 0.730 bits per heavy atom. The molecule has 0 N–H and O–H groups in total. The normalized spacial score (nSPS) is 24.3. The van der Waals surface area contributed by atoms with Crippen molar-refractivity contribution < 1.29 is 19.1 Å². The van der Waals surface area contributed by atoms with Crippen molar-refractivity contribution in [2.24, 2.45) is 17.8 Å². The Hall–Kier alpha value is -4.22. The number of carbonyl (C=O) groups excluding carboxylic acids is 3. The highest BCUT2D eigenvalue weighted by atomic mass is 35.5. The van der Waals surface area contributed by atoms with Crippen LogP contribution in [0.25, 0.3) is 16.3 Å². The molecule has 0 radical (unpaired) electrons. The van der Waals surface area contributed by atoms with Crippen LogP contribution < -0.4 is 9.64 Å². The van der Waals surface area contributed by atoms with E-state index in [0.29, 0.717) is 16.5 Å². The molecule has 180 valence electrons. The first-order valence-corrected chi connectivity index (χ1v) is 12.5. The largest absolute Gasteiger partial charge is 0.425 e. The topological polar surface area (TPSA) is 63.7 Å². The molecular weight excluding hydrogens is 486 g/mol. The fourth-order valence-corrected chi connectivity index (χ4v) is 6.30. The lowest BCUT2D eigenvalue weighted by molar-refractivity contribution is -0.142. The van der Waals surface area contributed by atoms with Gasteiger partial charge in [-0.1, -0.05) is 78.3 Å². The minimum Gasteiger partial charge on any atom is -0.425 e. The third-order valence-corrected chi connectivity index (χ3v) is 8.00. The maximum absolute atomic E-state index is 14.0. The molecule has 2 aliphatic heterocycles. The molecule has 2 heterocycles. The predicted octanol–water partition coefficient (Wildman–Crippen LogP) is 6.02. The van der Waals surface area contributed by atoms with Crippen LogP contribution in [-0.2, 0) is 14.4 Å². The molecule has 6 heteroatoms. The molecule has 0 unspecified atom stereocenters. The highest BCUT2D eigenvalue weighted by Gasteiger charge is 2.60. The van der Waals surface area contributed by atoms with Gasteiger partial charge in [-0.2, -0.15) is 0 Å². The Morgan fingerprint density at radius 3 is 2.22 bits per heavy atom. The summed E-state index contributed by atoms with van der Waals surface area (Å²) in [6.45, 7) is 0. The van der Waals surface area contributed by atoms with Gasteiger partial charge in [0, 0.05) is 16.5 Å². The molecule has 37 heavy (non-hydrogen) atoms. The molecule has 0 spiro atoms. The lowest BCUT2D eigenvalue weighted by atomic mass is 9.64. The number of amides is 2. The van der Waals surface area contributed by atoms with Crippen LogP contribution in [0.3, 0.4) is 0 Å². The molecule has 4 aromatic rings. The molecule has 0 bridgehead atoms. The van der Waals surface area contributed by atoms with Crippen LogP contribution in [0.1, 0.15) is 17.0 Å². The standard InChI is InChI=1S/C31H20ClNO4/c32-19-11-13-20(14-12-19)33-29(34)26-22(17-6-2-1-3-7-17)16-23-25-21-9-5-4-8-18(21)10-15-24(25)37-31(36)27(23)28(26)30(33)35/h1-16,22,26-28H/t22-,26+,27+,28+/m1/s1. The monoisotopic (exact) mass is 505 g/mol. The van der Waals surface area contributed by atoms with Crippen LogP contribution in [0.5, 0.6) is 5.75 Å². The summed E-state index contributed by atoms with van der Waals surface area (Å²) in [5.41, 5.74) is 2.92. The minimum absolute atomic E-state index is 0.321. The summed E-state index contributed by atoms with van der Waals surface area (Å²) in [7, 11) is 0. The number of halogens is 1. The first-order valence-electron chi connectivity index (χ1n) is 12.2. The first-order chi connectivity index (χ1) is 18.0. The van der Waals surface area contributed by atoms with E-state index in [4.69, 9.17) is 16.3 Å². The van der Waals surface area contributed by atoms with E-state index in [1.54, 1.807) is 30.3 Å². The second-order valence-corrected chi connectivity index (χ2v) is 10.1. The molecule has 1 aliphatic carbocycles. The zero-order valence-electron chi connectivity index (χ0n) is 19.5. The number of fused-ring (bicyclic) bond motifs is 7. The molecule has 1 fully saturated rings.